The number of carboxylic acid groups (broad SMARTS) is 1. The summed E-state index contributed by atoms with van der Waals surface area (Å²) in [6.07, 6.45) is 3.78. The molecule has 1 aromatic rings. The van der Waals surface area contributed by atoms with Crippen molar-refractivity contribution in [3.8, 4) is 0 Å². The van der Waals surface area contributed by atoms with Gasteiger partial charge in [-0.15, -0.1) is 0 Å². The van der Waals surface area contributed by atoms with Gasteiger partial charge >= 0.3 is 29.6 Å². The smallest absolute Gasteiger partial charge is 0.550 e. The van der Waals surface area contributed by atoms with Crippen LogP contribution in [0.25, 0.3) is 0 Å². The molecule has 2 N–H and O–H groups in total. The number of carboxylic acids is 1. The third-order valence-corrected chi connectivity index (χ3v) is 2.79. The monoisotopic (exact) mass is 274 g/mol. The molecular weight excluding hydrogens is 259 g/mol. The number of fused-ring (bicyclic) bond motifs is 1. The van der Waals surface area contributed by atoms with Crippen molar-refractivity contribution < 1.29 is 44.6 Å². The van der Waals surface area contributed by atoms with Crippen molar-refractivity contribution in [1.82, 2.24) is 9.55 Å². The topological polar surface area (TPSA) is 103 Å². The second-order valence-corrected chi connectivity index (χ2v) is 4.16. The predicted molar refractivity (Wildman–Crippen MR) is 63.0 cm³/mol. The molecule has 0 spiro atoms. The van der Waals surface area contributed by atoms with Gasteiger partial charge in [-0.2, -0.15) is 0 Å². The second-order valence-electron chi connectivity index (χ2n) is 4.16. The first kappa shape index (κ1) is 16.2. The van der Waals surface area contributed by atoms with Crippen molar-refractivity contribution >= 4 is 18.1 Å². The van der Waals surface area contributed by atoms with Crippen molar-refractivity contribution in [2.45, 2.75) is 31.9 Å². The Morgan fingerprint density at radius 1 is 1.58 bits per heavy atom. The molecule has 0 radical (unpaired) electrons. The first-order chi connectivity index (χ1) is 8.68. The molecule has 1 aromatic heterocycles. The molecule has 8 heteroatoms. The molecule has 2 heterocycles. The van der Waals surface area contributed by atoms with Gasteiger partial charge in [0.25, 0.3) is 0 Å². The van der Waals surface area contributed by atoms with Gasteiger partial charge in [-0.3, -0.25) is 4.99 Å². The predicted octanol–water partition coefficient (Wildman–Crippen LogP) is -3.71. The normalized spacial score (nSPS) is 17.0. The summed E-state index contributed by atoms with van der Waals surface area (Å²) in [5, 5.41) is 23.1. The average Bonchev–Trinajstić information content (AvgIpc) is 2.64. The molecule has 0 aliphatic carbocycles. The van der Waals surface area contributed by atoms with E-state index >= 15 is 0 Å². The fourth-order valence-electron chi connectivity index (χ4n) is 1.93. The van der Waals surface area contributed by atoms with Crippen LogP contribution in [-0.4, -0.2) is 33.5 Å². The number of rotatable bonds is 5. The number of anilines is 1. The van der Waals surface area contributed by atoms with Crippen LogP contribution in [0.3, 0.4) is 0 Å². The summed E-state index contributed by atoms with van der Waals surface area (Å²) in [6, 6.07) is 0. The van der Waals surface area contributed by atoms with Crippen molar-refractivity contribution in [3.05, 3.63) is 12.0 Å². The molecule has 2 rings (SSSR count). The van der Waals surface area contributed by atoms with Crippen LogP contribution in [0.15, 0.2) is 11.3 Å². The van der Waals surface area contributed by atoms with Gasteiger partial charge in [0.05, 0.1) is 24.9 Å². The molecule has 1 aliphatic heterocycles. The van der Waals surface area contributed by atoms with Crippen LogP contribution in [0.2, 0.25) is 0 Å². The second kappa shape index (κ2) is 7.64. The number of imidazole rings is 1. The summed E-state index contributed by atoms with van der Waals surface area (Å²) in [7, 11) is 0. The number of aryl methyl sites for hydroxylation is 1. The van der Waals surface area contributed by atoms with Crippen LogP contribution in [0.5, 0.6) is 0 Å². The molecule has 1 unspecified atom stereocenters. The Balaban J connectivity index is 0.00000180. The van der Waals surface area contributed by atoms with E-state index in [9.17, 15) is 15.0 Å². The Bertz CT molecular complexity index is 461. The zero-order chi connectivity index (χ0) is 13.0. The Hall–Kier alpha value is -0.890. The van der Waals surface area contributed by atoms with Gasteiger partial charge in [0.1, 0.15) is 6.10 Å². The van der Waals surface area contributed by atoms with Crippen molar-refractivity contribution in [2.24, 2.45) is 4.99 Å². The third-order valence-electron chi connectivity index (χ3n) is 2.79. The molecule has 1 atom stereocenters. The van der Waals surface area contributed by atoms with Gasteiger partial charge in [-0.05, 0) is 19.3 Å². The minimum Gasteiger partial charge on any atom is -0.550 e. The van der Waals surface area contributed by atoms with Gasteiger partial charge < -0.3 is 24.9 Å². The Kier molecular flexibility index (Phi) is 6.50. The van der Waals surface area contributed by atoms with Gasteiger partial charge in [0.15, 0.2) is 5.82 Å². The standard InChI is InChI=1S/C11H16N4O3.Na/c16-8-5-12-6-13-11-10(8)15(7-14-11)4-2-1-3-9(17)18;/h6-8,16H,1-5H2,(H,12,13)(H,17,18);/q;+1/p-1. The maximum absolute atomic E-state index is 10.3. The number of aliphatic imine (C=N–C) groups is 1. The van der Waals surface area contributed by atoms with Gasteiger partial charge in [-0.1, -0.05) is 0 Å². The first-order valence-electron chi connectivity index (χ1n) is 5.86. The molecule has 98 valence electrons. The van der Waals surface area contributed by atoms with Crippen LogP contribution >= 0.6 is 0 Å². The van der Waals surface area contributed by atoms with E-state index in [0.29, 0.717) is 37.4 Å². The Morgan fingerprint density at radius 2 is 2.37 bits per heavy atom. The summed E-state index contributed by atoms with van der Waals surface area (Å²) in [4.78, 5) is 18.4. The number of hydrogen-bond acceptors (Lipinski definition) is 6. The maximum atomic E-state index is 10.3. The van der Waals surface area contributed by atoms with Crippen LogP contribution < -0.4 is 40.0 Å². The van der Waals surface area contributed by atoms with E-state index in [-0.39, 0.29) is 36.0 Å². The fraction of sp³-hybridized carbons (Fsp3) is 0.545. The van der Waals surface area contributed by atoms with E-state index in [0.717, 1.165) is 0 Å². The van der Waals surface area contributed by atoms with E-state index in [1.807, 2.05) is 4.57 Å². The Labute approximate surface area is 133 Å². The quantitative estimate of drug-likeness (QED) is 0.425. The molecule has 0 fully saturated rings. The summed E-state index contributed by atoms with van der Waals surface area (Å²) in [5.41, 5.74) is 0.695. The largest absolute Gasteiger partial charge is 1.00 e. The van der Waals surface area contributed by atoms with E-state index in [4.69, 9.17) is 0 Å². The number of hydrogen-bond donors (Lipinski definition) is 2. The van der Waals surface area contributed by atoms with E-state index in [1.165, 1.54) is 6.34 Å². The van der Waals surface area contributed by atoms with Gasteiger partial charge in [-0.25, -0.2) is 4.98 Å². The number of carbonyl (C=O) groups excluding carboxylic acids is 1. The minimum absolute atomic E-state index is 0. The number of aliphatic hydroxyl groups excluding tert-OH is 1. The van der Waals surface area contributed by atoms with E-state index in [1.54, 1.807) is 6.33 Å². The molecule has 0 bridgehead atoms. The number of nitrogens with zero attached hydrogens (tertiary/aromatic N) is 3. The minimum atomic E-state index is -1.03. The van der Waals surface area contributed by atoms with Crippen molar-refractivity contribution in [1.29, 1.82) is 0 Å². The van der Waals surface area contributed by atoms with Crippen LogP contribution in [0.1, 0.15) is 31.1 Å². The molecule has 0 aromatic carbocycles. The molecule has 19 heavy (non-hydrogen) atoms. The fourth-order valence-corrected chi connectivity index (χ4v) is 1.93. The summed E-state index contributed by atoms with van der Waals surface area (Å²) in [5.74, 6) is -0.432. The molecular formula is C11H15N4NaO3. The first-order valence-corrected chi connectivity index (χ1v) is 5.86. The summed E-state index contributed by atoms with van der Waals surface area (Å²) < 4.78 is 1.83. The number of carbonyl (C=O) groups is 1. The SMILES string of the molecule is O=C([O-])CCCCn1cnc2c1C(O)CN=CN2.[Na+]. The zero-order valence-electron chi connectivity index (χ0n) is 10.9. The summed E-state index contributed by atoms with van der Waals surface area (Å²) >= 11 is 0. The molecule has 0 saturated heterocycles. The van der Waals surface area contributed by atoms with E-state index in [2.05, 4.69) is 15.3 Å². The maximum Gasteiger partial charge on any atom is 1.00 e. The zero-order valence-corrected chi connectivity index (χ0v) is 12.9. The Morgan fingerprint density at radius 3 is 3.11 bits per heavy atom. The van der Waals surface area contributed by atoms with Crippen LogP contribution in [-0.2, 0) is 11.3 Å². The number of aliphatic carboxylic acids is 1. The van der Waals surface area contributed by atoms with Crippen molar-refractivity contribution in [3.63, 3.8) is 0 Å². The molecule has 7 nitrogen and oxygen atoms in total. The number of unbranched alkanes of at least 4 members (excludes halogenated alkanes) is 1. The third kappa shape index (κ3) is 4.31. The number of aliphatic hydroxyl groups is 1. The molecule has 0 amide bonds. The summed E-state index contributed by atoms with van der Waals surface area (Å²) in [6.45, 7) is 0.916. The van der Waals surface area contributed by atoms with Gasteiger partial charge in [0, 0.05) is 12.5 Å². The molecule has 1 aliphatic rings. The van der Waals surface area contributed by atoms with E-state index < -0.39 is 12.1 Å². The van der Waals surface area contributed by atoms with Crippen LogP contribution in [0, 0.1) is 0 Å². The number of nitrogens with one attached hydrogen (secondary N) is 1. The van der Waals surface area contributed by atoms with Gasteiger partial charge in [0.2, 0.25) is 0 Å². The number of aromatic nitrogens is 2. The average molecular weight is 274 g/mol. The molecule has 0 saturated carbocycles. The van der Waals surface area contributed by atoms with Crippen molar-refractivity contribution in [2.75, 3.05) is 11.9 Å². The van der Waals surface area contributed by atoms with Crippen LogP contribution in [0.4, 0.5) is 5.82 Å².